The van der Waals surface area contributed by atoms with Gasteiger partial charge in [-0.05, 0) is 0 Å². The van der Waals surface area contributed by atoms with E-state index in [0.29, 0.717) is 0 Å². The monoisotopic (exact) mass is 234 g/mol. The third-order valence-corrected chi connectivity index (χ3v) is 0. The third kappa shape index (κ3) is 23.8. The zero-order chi connectivity index (χ0) is 0. The van der Waals surface area contributed by atoms with Crippen LogP contribution in [0.15, 0.2) is 0 Å². The molecule has 0 nitrogen and oxygen atoms in total. The van der Waals surface area contributed by atoms with Crippen LogP contribution in [0.3, 0.4) is 0 Å². The van der Waals surface area contributed by atoms with E-state index in [9.17, 15) is 0 Å². The average molecular weight is 233 g/mol. The van der Waals surface area contributed by atoms with Crippen molar-refractivity contribution in [3.05, 3.63) is 0 Å². The van der Waals surface area contributed by atoms with Gasteiger partial charge in [-0.2, -0.15) is 0 Å². The fourth-order valence-electron chi connectivity index (χ4n) is 0. The van der Waals surface area contributed by atoms with Crippen LogP contribution in [0.2, 0.25) is 0 Å². The summed E-state index contributed by atoms with van der Waals surface area (Å²) in [6, 6.07) is 0. The molecule has 0 heterocycles. The summed E-state index contributed by atoms with van der Waals surface area (Å²) in [6.07, 6.45) is 0. The summed E-state index contributed by atoms with van der Waals surface area (Å²) in [5, 5.41) is 0. The Balaban J connectivity index is 0. The smallest absolute Gasteiger partial charge is 0.813 e. The Morgan fingerprint density at radius 3 is 0.400 bits per heavy atom. The van der Waals surface area contributed by atoms with Gasteiger partial charge in [-0.3, -0.25) is 0 Å². The van der Waals surface area contributed by atoms with Crippen LogP contribution in [-0.4, -0.2) is 0 Å². The van der Waals surface area contributed by atoms with Crippen LogP contribution in [0.5, 0.6) is 0 Å². The van der Waals surface area contributed by atoms with Crippen molar-refractivity contribution < 1.29 is 19.5 Å². The molecule has 0 aliphatic rings. The number of hydrogen-bond donors (Lipinski definition) is 0. The van der Waals surface area contributed by atoms with E-state index < -0.39 is 0 Å². The Bertz CT molecular complexity index is 3.61. The molecule has 0 N–H and O–H groups in total. The molecule has 0 aliphatic heterocycles. The standard InChI is InChI=1S/Ru.4H2S/h;4*1H2/q+4;;;;/p-4. The normalized spacial score (nSPS) is 0. The Morgan fingerprint density at radius 2 is 0.400 bits per heavy atom. The summed E-state index contributed by atoms with van der Waals surface area (Å²) in [5.41, 5.74) is 0. The summed E-state index contributed by atoms with van der Waals surface area (Å²) < 4.78 is 0. The molecule has 0 saturated carbocycles. The van der Waals surface area contributed by atoms with Gasteiger partial charge < -0.3 is 54.0 Å². The van der Waals surface area contributed by atoms with Gasteiger partial charge in [0.1, 0.15) is 0 Å². The summed E-state index contributed by atoms with van der Waals surface area (Å²) >= 11 is 0. The topological polar surface area (TPSA) is 0 Å². The van der Waals surface area contributed by atoms with Crippen molar-refractivity contribution >= 4 is 54.0 Å². The predicted molar refractivity (Wildman–Crippen MR) is 35.0 cm³/mol. The van der Waals surface area contributed by atoms with Crippen molar-refractivity contribution in [1.29, 1.82) is 0 Å². The first-order chi connectivity index (χ1) is 0. The van der Waals surface area contributed by atoms with E-state index in [1.165, 1.54) is 0 Å². The summed E-state index contributed by atoms with van der Waals surface area (Å²) in [5.74, 6) is 0. The molecule has 0 fully saturated rings. The summed E-state index contributed by atoms with van der Waals surface area (Å²) in [4.78, 5) is 0. The van der Waals surface area contributed by atoms with Crippen LogP contribution >= 0.6 is 0 Å². The van der Waals surface area contributed by atoms with Crippen LogP contribution in [0.4, 0.5) is 0 Å². The molecule has 0 bridgehead atoms. The Hall–Kier alpha value is 2.02. The van der Waals surface area contributed by atoms with Crippen molar-refractivity contribution in [1.82, 2.24) is 0 Å². The Morgan fingerprint density at radius 1 is 0.400 bits per heavy atom. The van der Waals surface area contributed by atoms with Gasteiger partial charge in [0.25, 0.3) is 0 Å². The summed E-state index contributed by atoms with van der Waals surface area (Å²) in [6.45, 7) is 0. The second-order valence-corrected chi connectivity index (χ2v) is 0. The first-order valence-corrected chi connectivity index (χ1v) is 0. The maximum absolute atomic E-state index is 0. The van der Waals surface area contributed by atoms with Crippen LogP contribution in [-0.2, 0) is 73.5 Å². The van der Waals surface area contributed by atoms with Crippen molar-refractivity contribution in [2.45, 2.75) is 0 Å². The first-order valence-electron chi connectivity index (χ1n) is 0. The number of hydrogen-bond acceptors (Lipinski definition) is 4. The predicted octanol–water partition coefficient (Wildman–Crippen LogP) is -1.08. The Labute approximate surface area is 73.0 Å². The SMILES string of the molecule is [Ru+4].[SH-].[SH-].[SH-].[SH-]. The largest absolute Gasteiger partial charge is 4.00 e. The fraction of sp³-hybridized carbons (Fsp3) is 0. The maximum Gasteiger partial charge on any atom is 4.00 e. The van der Waals surface area contributed by atoms with Gasteiger partial charge in [0.2, 0.25) is 0 Å². The molecule has 0 aromatic rings. The van der Waals surface area contributed by atoms with Crippen LogP contribution in [0, 0.1) is 0 Å². The molecule has 0 aromatic heterocycles. The molecule has 0 spiro atoms. The van der Waals surface area contributed by atoms with Crippen molar-refractivity contribution in [2.24, 2.45) is 0 Å². The number of thiol groups is 4. The van der Waals surface area contributed by atoms with Gasteiger partial charge in [-0.25, -0.2) is 0 Å². The van der Waals surface area contributed by atoms with Gasteiger partial charge >= 0.3 is 19.5 Å². The van der Waals surface area contributed by atoms with E-state index in [4.69, 9.17) is 0 Å². The minimum Gasteiger partial charge on any atom is -0.813 e. The molecule has 0 amide bonds. The van der Waals surface area contributed by atoms with Crippen LogP contribution < -0.4 is 0 Å². The van der Waals surface area contributed by atoms with Crippen molar-refractivity contribution in [2.75, 3.05) is 0 Å². The molecule has 0 atom stereocenters. The minimum atomic E-state index is 0. The third-order valence-electron chi connectivity index (χ3n) is 0. The zero-order valence-corrected chi connectivity index (χ0v) is 7.46. The molecule has 0 aliphatic carbocycles. The second kappa shape index (κ2) is 37.1. The van der Waals surface area contributed by atoms with E-state index in [-0.39, 0.29) is 73.5 Å². The zero-order valence-electron chi connectivity index (χ0n) is 2.14. The van der Waals surface area contributed by atoms with E-state index in [0.717, 1.165) is 0 Å². The van der Waals surface area contributed by atoms with Gasteiger partial charge in [0.15, 0.2) is 0 Å². The number of rotatable bonds is 0. The minimum absolute atomic E-state index is 0. The summed E-state index contributed by atoms with van der Waals surface area (Å²) in [7, 11) is 0. The van der Waals surface area contributed by atoms with Gasteiger partial charge in [0.05, 0.1) is 0 Å². The van der Waals surface area contributed by atoms with Gasteiger partial charge in [0, 0.05) is 0 Å². The van der Waals surface area contributed by atoms with E-state index in [2.05, 4.69) is 0 Å². The van der Waals surface area contributed by atoms with Crippen molar-refractivity contribution in [3.8, 4) is 0 Å². The van der Waals surface area contributed by atoms with E-state index in [1.807, 2.05) is 0 Å². The average Bonchev–Trinajstić information content (AvgIpc) is 0. The molecule has 0 radical (unpaired) electrons. The second-order valence-electron chi connectivity index (χ2n) is 0. The van der Waals surface area contributed by atoms with Crippen LogP contribution in [0.1, 0.15) is 0 Å². The molecule has 5 heteroatoms. The van der Waals surface area contributed by atoms with Gasteiger partial charge in [-0.15, -0.1) is 0 Å². The fourth-order valence-corrected chi connectivity index (χ4v) is 0. The molecular formula is H4RuS4. The molecule has 0 unspecified atom stereocenters. The molecular weight excluding hydrogens is 229 g/mol. The van der Waals surface area contributed by atoms with E-state index >= 15 is 0 Å². The molecule has 0 aromatic carbocycles. The van der Waals surface area contributed by atoms with Crippen molar-refractivity contribution in [3.63, 3.8) is 0 Å². The van der Waals surface area contributed by atoms with Gasteiger partial charge in [-0.1, -0.05) is 0 Å². The molecule has 36 valence electrons. The van der Waals surface area contributed by atoms with E-state index in [1.54, 1.807) is 0 Å². The Kier molecular flexibility index (Phi) is 462. The molecule has 0 saturated heterocycles. The molecule has 5 heavy (non-hydrogen) atoms. The quantitative estimate of drug-likeness (QED) is 0.296. The molecule has 0 rings (SSSR count). The maximum atomic E-state index is 0. The van der Waals surface area contributed by atoms with Crippen LogP contribution in [0.25, 0.3) is 0 Å². The first kappa shape index (κ1) is 62.2.